The molecule has 7 heteroatoms. The number of benzene rings is 1. The Morgan fingerprint density at radius 2 is 1.89 bits per heavy atom. The van der Waals surface area contributed by atoms with Gasteiger partial charge in [-0.05, 0) is 62.6 Å². The summed E-state index contributed by atoms with van der Waals surface area (Å²) in [6.45, 7) is 6.15. The van der Waals surface area contributed by atoms with E-state index >= 15 is 0 Å². The topological polar surface area (TPSA) is 67.8 Å². The number of nitrogens with zero attached hydrogens (tertiary/aromatic N) is 3. The maximum atomic E-state index is 12.4. The Labute approximate surface area is 174 Å². The number of amides is 1. The lowest BCUT2D eigenvalue weighted by Gasteiger charge is -2.09. The standard InChI is InChI=1S/C21H26N4OS2/c1-5-6-7-15-8-10-17-18(12-15)28-21(24-17)25-19(26)11-9-16-13(2)22-20(27-4)23-14(16)3/h8,10,12H,5-7,9,11H2,1-4H3,(H,24,25,26). The minimum absolute atomic E-state index is 0.0296. The van der Waals surface area contributed by atoms with Crippen LogP contribution in [0.4, 0.5) is 5.13 Å². The van der Waals surface area contributed by atoms with E-state index < -0.39 is 0 Å². The van der Waals surface area contributed by atoms with Gasteiger partial charge < -0.3 is 5.32 Å². The molecule has 5 nitrogen and oxygen atoms in total. The lowest BCUT2D eigenvalue weighted by Crippen LogP contribution is -2.13. The van der Waals surface area contributed by atoms with Gasteiger partial charge in [0.25, 0.3) is 0 Å². The molecule has 0 aliphatic rings. The maximum Gasteiger partial charge on any atom is 0.226 e. The van der Waals surface area contributed by atoms with Gasteiger partial charge >= 0.3 is 0 Å². The number of hydrogen-bond acceptors (Lipinski definition) is 6. The lowest BCUT2D eigenvalue weighted by atomic mass is 10.1. The zero-order chi connectivity index (χ0) is 20.1. The molecule has 1 amide bonds. The molecule has 0 spiro atoms. The van der Waals surface area contributed by atoms with Crippen molar-refractivity contribution in [2.45, 2.75) is 58.0 Å². The van der Waals surface area contributed by atoms with Gasteiger partial charge in [-0.1, -0.05) is 42.5 Å². The zero-order valence-electron chi connectivity index (χ0n) is 16.8. The normalized spacial score (nSPS) is 11.1. The van der Waals surface area contributed by atoms with E-state index in [1.165, 1.54) is 41.5 Å². The van der Waals surface area contributed by atoms with Gasteiger partial charge in [-0.15, -0.1) is 0 Å². The Hall–Kier alpha value is -1.99. The molecule has 0 bridgehead atoms. The third kappa shape index (κ3) is 5.08. The summed E-state index contributed by atoms with van der Waals surface area (Å²) in [5.41, 5.74) is 5.22. The summed E-state index contributed by atoms with van der Waals surface area (Å²) in [5, 5.41) is 4.39. The van der Waals surface area contributed by atoms with Crippen molar-refractivity contribution in [2.75, 3.05) is 11.6 Å². The summed E-state index contributed by atoms with van der Waals surface area (Å²) in [5.74, 6) is -0.0296. The third-order valence-electron chi connectivity index (χ3n) is 4.70. The Kier molecular flexibility index (Phi) is 7.02. The molecular weight excluding hydrogens is 388 g/mol. The van der Waals surface area contributed by atoms with E-state index in [9.17, 15) is 4.79 Å². The second-order valence-corrected chi connectivity index (χ2v) is 8.64. The molecule has 3 rings (SSSR count). The predicted molar refractivity (Wildman–Crippen MR) is 118 cm³/mol. The van der Waals surface area contributed by atoms with Crippen molar-refractivity contribution >= 4 is 44.4 Å². The summed E-state index contributed by atoms with van der Waals surface area (Å²) in [7, 11) is 0. The zero-order valence-corrected chi connectivity index (χ0v) is 18.5. The molecule has 0 aliphatic carbocycles. The fourth-order valence-electron chi connectivity index (χ4n) is 3.14. The predicted octanol–water partition coefficient (Wildman–Crippen LogP) is 5.34. The molecule has 0 aliphatic heterocycles. The number of aryl methyl sites for hydroxylation is 3. The van der Waals surface area contributed by atoms with Crippen molar-refractivity contribution in [3.05, 3.63) is 40.7 Å². The molecule has 1 N–H and O–H groups in total. The van der Waals surface area contributed by atoms with E-state index in [0.717, 1.165) is 38.7 Å². The summed E-state index contributed by atoms with van der Waals surface area (Å²) < 4.78 is 1.12. The van der Waals surface area contributed by atoms with Crippen molar-refractivity contribution in [2.24, 2.45) is 0 Å². The molecule has 0 atom stereocenters. The SMILES string of the molecule is CCCCc1ccc2nc(NC(=O)CCc3c(C)nc(SC)nc3C)sc2c1. The average Bonchev–Trinajstić information content (AvgIpc) is 3.06. The molecule has 2 heterocycles. The van der Waals surface area contributed by atoms with E-state index in [1.807, 2.05) is 26.2 Å². The summed E-state index contributed by atoms with van der Waals surface area (Å²) in [6.07, 6.45) is 6.44. The number of aromatic nitrogens is 3. The number of rotatable bonds is 8. The van der Waals surface area contributed by atoms with Crippen LogP contribution >= 0.6 is 23.1 Å². The second kappa shape index (κ2) is 9.47. The van der Waals surface area contributed by atoms with Gasteiger partial charge in [0.05, 0.1) is 10.2 Å². The highest BCUT2D eigenvalue weighted by Crippen LogP contribution is 2.27. The van der Waals surface area contributed by atoms with Gasteiger partial charge in [-0.2, -0.15) is 0 Å². The molecule has 1 aromatic carbocycles. The summed E-state index contributed by atoms with van der Waals surface area (Å²) in [6, 6.07) is 6.37. The van der Waals surface area contributed by atoms with Crippen molar-refractivity contribution in [1.82, 2.24) is 15.0 Å². The Balaban J connectivity index is 1.63. The number of carbonyl (C=O) groups is 1. The van der Waals surface area contributed by atoms with Crippen LogP contribution in [-0.4, -0.2) is 27.1 Å². The van der Waals surface area contributed by atoms with E-state index in [-0.39, 0.29) is 5.91 Å². The minimum atomic E-state index is -0.0296. The highest BCUT2D eigenvalue weighted by Gasteiger charge is 2.12. The number of carbonyl (C=O) groups excluding carboxylic acids is 1. The molecule has 0 unspecified atom stereocenters. The molecule has 3 aromatic rings. The van der Waals surface area contributed by atoms with Crippen molar-refractivity contribution in [3.63, 3.8) is 0 Å². The molecule has 0 saturated carbocycles. The van der Waals surface area contributed by atoms with Gasteiger partial charge in [0, 0.05) is 17.8 Å². The van der Waals surface area contributed by atoms with Crippen LogP contribution in [0.5, 0.6) is 0 Å². The van der Waals surface area contributed by atoms with Crippen LogP contribution in [0.15, 0.2) is 23.4 Å². The van der Waals surface area contributed by atoms with Gasteiger partial charge in [-0.3, -0.25) is 4.79 Å². The lowest BCUT2D eigenvalue weighted by molar-refractivity contribution is -0.116. The van der Waals surface area contributed by atoms with Gasteiger partial charge in [0.1, 0.15) is 0 Å². The molecule has 148 valence electrons. The fraction of sp³-hybridized carbons (Fsp3) is 0.429. The van der Waals surface area contributed by atoms with Crippen LogP contribution < -0.4 is 5.32 Å². The number of thiazole rings is 1. The Bertz CT molecular complexity index is 961. The minimum Gasteiger partial charge on any atom is -0.302 e. The van der Waals surface area contributed by atoms with Gasteiger partial charge in [0.15, 0.2) is 10.3 Å². The second-order valence-electron chi connectivity index (χ2n) is 6.83. The summed E-state index contributed by atoms with van der Waals surface area (Å²) in [4.78, 5) is 25.9. The number of nitrogens with one attached hydrogen (secondary N) is 1. The number of unbranched alkanes of at least 4 members (excludes halogenated alkanes) is 1. The molecule has 28 heavy (non-hydrogen) atoms. The Morgan fingerprint density at radius 1 is 1.14 bits per heavy atom. The quantitative estimate of drug-likeness (QED) is 0.398. The van der Waals surface area contributed by atoms with Crippen molar-refractivity contribution in [3.8, 4) is 0 Å². The van der Waals surface area contributed by atoms with Crippen LogP contribution in [0.25, 0.3) is 10.2 Å². The van der Waals surface area contributed by atoms with E-state index in [1.54, 1.807) is 0 Å². The number of hydrogen-bond donors (Lipinski definition) is 1. The largest absolute Gasteiger partial charge is 0.302 e. The first-order valence-corrected chi connectivity index (χ1v) is 11.6. The number of fused-ring (bicyclic) bond motifs is 1. The molecule has 0 saturated heterocycles. The Morgan fingerprint density at radius 3 is 2.57 bits per heavy atom. The molecule has 0 radical (unpaired) electrons. The first-order chi connectivity index (χ1) is 13.5. The first-order valence-electron chi connectivity index (χ1n) is 9.57. The first kappa shape index (κ1) is 20.7. The maximum absolute atomic E-state index is 12.4. The average molecular weight is 415 g/mol. The van der Waals surface area contributed by atoms with E-state index in [2.05, 4.69) is 39.3 Å². The van der Waals surface area contributed by atoms with Gasteiger partial charge in [-0.25, -0.2) is 15.0 Å². The molecule has 0 fully saturated rings. The smallest absolute Gasteiger partial charge is 0.226 e. The monoisotopic (exact) mass is 414 g/mol. The van der Waals surface area contributed by atoms with Crippen LogP contribution in [-0.2, 0) is 17.6 Å². The van der Waals surface area contributed by atoms with Crippen LogP contribution in [0.1, 0.15) is 48.7 Å². The van der Waals surface area contributed by atoms with Crippen LogP contribution in [0, 0.1) is 13.8 Å². The number of thioether (sulfide) groups is 1. The summed E-state index contributed by atoms with van der Waals surface area (Å²) >= 11 is 3.07. The highest BCUT2D eigenvalue weighted by atomic mass is 32.2. The van der Waals surface area contributed by atoms with E-state index in [0.29, 0.717) is 18.0 Å². The third-order valence-corrected chi connectivity index (χ3v) is 6.18. The fourth-order valence-corrected chi connectivity index (χ4v) is 4.54. The molecular formula is C21H26N4OS2. The van der Waals surface area contributed by atoms with Crippen LogP contribution in [0.3, 0.4) is 0 Å². The van der Waals surface area contributed by atoms with Crippen molar-refractivity contribution in [1.29, 1.82) is 0 Å². The molecule has 2 aromatic heterocycles. The number of anilines is 1. The van der Waals surface area contributed by atoms with Crippen molar-refractivity contribution < 1.29 is 4.79 Å². The van der Waals surface area contributed by atoms with E-state index in [4.69, 9.17) is 0 Å². The van der Waals surface area contributed by atoms with Gasteiger partial charge in [0.2, 0.25) is 5.91 Å². The highest BCUT2D eigenvalue weighted by molar-refractivity contribution is 7.98. The van der Waals surface area contributed by atoms with Crippen LogP contribution in [0.2, 0.25) is 0 Å².